The van der Waals surface area contributed by atoms with Gasteiger partial charge in [0.2, 0.25) is 0 Å². The fourth-order valence-corrected chi connectivity index (χ4v) is 4.71. The minimum absolute atomic E-state index is 0.0499. The molecule has 3 N–H and O–H groups in total. The van der Waals surface area contributed by atoms with Crippen LogP contribution in [-0.4, -0.2) is 35.9 Å². The van der Waals surface area contributed by atoms with E-state index in [0.29, 0.717) is 9.87 Å². The van der Waals surface area contributed by atoms with Gasteiger partial charge >= 0.3 is 5.63 Å². The van der Waals surface area contributed by atoms with Crippen LogP contribution in [0.5, 0.6) is 5.75 Å². The summed E-state index contributed by atoms with van der Waals surface area (Å²) in [7, 11) is -3.01. The summed E-state index contributed by atoms with van der Waals surface area (Å²) in [6, 6.07) is 10.5. The van der Waals surface area contributed by atoms with Crippen LogP contribution >= 0.6 is 0 Å². The Morgan fingerprint density at radius 2 is 1.80 bits per heavy atom. The molecule has 1 aliphatic heterocycles. The molecule has 0 bridgehead atoms. The molecule has 2 heterocycles. The van der Waals surface area contributed by atoms with Gasteiger partial charge in [-0.1, -0.05) is 24.3 Å². The minimum Gasteiger partial charge on any atom is -0.505 e. The fraction of sp³-hybridized carbons (Fsp3) is 0.100. The zero-order valence-corrected chi connectivity index (χ0v) is 16.6. The normalized spacial score (nSPS) is 15.2. The van der Waals surface area contributed by atoms with E-state index in [0.717, 1.165) is 7.05 Å². The molecule has 1 aliphatic rings. The van der Waals surface area contributed by atoms with Gasteiger partial charge in [-0.05, 0) is 30.7 Å². The average Bonchev–Trinajstić information content (AvgIpc) is 2.71. The molecule has 0 saturated carbocycles. The van der Waals surface area contributed by atoms with Crippen LogP contribution in [-0.2, 0) is 14.8 Å². The highest BCUT2D eigenvalue weighted by molar-refractivity contribution is 7.89. The van der Waals surface area contributed by atoms with Crippen molar-refractivity contribution in [3.8, 4) is 5.75 Å². The number of nitrogens with one attached hydrogen (secondary N) is 1. The molecule has 30 heavy (non-hydrogen) atoms. The molecule has 3 aromatic rings. The number of rotatable bonds is 2. The van der Waals surface area contributed by atoms with Gasteiger partial charge in [-0.2, -0.15) is 0 Å². The highest BCUT2D eigenvalue weighted by atomic mass is 32.2. The number of hydrogen-bond acceptors (Lipinski definition) is 7. The Bertz CT molecular complexity index is 1420. The SMILES string of the molecule is Cc1cccc2c(O)c(NC(=O)C3=C(O)c4ccccc4S(=O)(=O)N3C)c(=O)oc12. The number of aromatic hydroxyl groups is 1. The van der Waals surface area contributed by atoms with Gasteiger partial charge in [-0.25, -0.2) is 13.2 Å². The van der Waals surface area contributed by atoms with Crippen LogP contribution in [0.3, 0.4) is 0 Å². The molecule has 0 radical (unpaired) electrons. The van der Waals surface area contributed by atoms with Gasteiger partial charge in [0.1, 0.15) is 5.58 Å². The van der Waals surface area contributed by atoms with Gasteiger partial charge < -0.3 is 19.9 Å². The number of aliphatic hydroxyl groups excluding tert-OH is 1. The predicted octanol–water partition coefficient (Wildman–Crippen LogP) is 2.31. The lowest BCUT2D eigenvalue weighted by Crippen LogP contribution is -2.37. The van der Waals surface area contributed by atoms with Crippen LogP contribution in [0.4, 0.5) is 5.69 Å². The number of benzene rings is 2. The number of anilines is 1. The molecule has 1 aromatic heterocycles. The largest absolute Gasteiger partial charge is 0.505 e. The molecule has 0 spiro atoms. The second-order valence-electron chi connectivity index (χ2n) is 6.68. The average molecular weight is 428 g/mol. The third-order valence-corrected chi connectivity index (χ3v) is 6.69. The summed E-state index contributed by atoms with van der Waals surface area (Å²) in [4.78, 5) is 25.1. The number of aliphatic hydroxyl groups is 1. The number of carbonyl (C=O) groups is 1. The summed E-state index contributed by atoms with van der Waals surface area (Å²) in [6.45, 7) is 1.69. The molecule has 9 nitrogen and oxygen atoms in total. The molecule has 10 heteroatoms. The molecular weight excluding hydrogens is 412 g/mol. The van der Waals surface area contributed by atoms with E-state index in [-0.39, 0.29) is 21.4 Å². The Morgan fingerprint density at radius 3 is 2.53 bits per heavy atom. The Labute approximate surface area is 170 Å². The maximum atomic E-state index is 12.9. The summed E-state index contributed by atoms with van der Waals surface area (Å²) < 4.78 is 31.3. The van der Waals surface area contributed by atoms with E-state index < -0.39 is 44.4 Å². The van der Waals surface area contributed by atoms with Crippen LogP contribution in [0.1, 0.15) is 11.1 Å². The third kappa shape index (κ3) is 2.72. The van der Waals surface area contributed by atoms with Crippen LogP contribution < -0.4 is 10.9 Å². The van der Waals surface area contributed by atoms with E-state index in [4.69, 9.17) is 4.42 Å². The Kier molecular flexibility index (Phi) is 4.31. The Hall–Kier alpha value is -3.79. The third-order valence-electron chi connectivity index (χ3n) is 4.88. The lowest BCUT2D eigenvalue weighted by Gasteiger charge is -2.28. The minimum atomic E-state index is -4.11. The summed E-state index contributed by atoms with van der Waals surface area (Å²) in [5, 5.41) is 23.4. The molecule has 0 atom stereocenters. The van der Waals surface area contributed by atoms with Gasteiger partial charge in [0.15, 0.2) is 22.9 Å². The van der Waals surface area contributed by atoms with E-state index in [1.807, 2.05) is 0 Å². The summed E-state index contributed by atoms with van der Waals surface area (Å²) in [6.07, 6.45) is 0. The predicted molar refractivity (Wildman–Crippen MR) is 108 cm³/mol. The molecule has 4 rings (SSSR count). The van der Waals surface area contributed by atoms with E-state index in [9.17, 15) is 28.2 Å². The van der Waals surface area contributed by atoms with Crippen LogP contribution in [0, 0.1) is 6.92 Å². The number of hydrogen-bond donors (Lipinski definition) is 3. The molecule has 0 unspecified atom stereocenters. The monoisotopic (exact) mass is 428 g/mol. The maximum absolute atomic E-state index is 12.9. The first-order chi connectivity index (χ1) is 14.1. The van der Waals surface area contributed by atoms with Gasteiger partial charge in [-0.15, -0.1) is 0 Å². The Balaban J connectivity index is 1.85. The number of para-hydroxylation sites is 1. The van der Waals surface area contributed by atoms with Crippen molar-refractivity contribution in [3.05, 3.63) is 69.7 Å². The molecule has 2 aromatic carbocycles. The van der Waals surface area contributed by atoms with Crippen LogP contribution in [0.2, 0.25) is 0 Å². The first kappa shape index (κ1) is 19.5. The van der Waals surface area contributed by atoms with Gasteiger partial charge in [-0.3, -0.25) is 9.10 Å². The van der Waals surface area contributed by atoms with Gasteiger partial charge in [0.25, 0.3) is 15.9 Å². The lowest BCUT2D eigenvalue weighted by atomic mass is 10.1. The van der Waals surface area contributed by atoms with Crippen molar-refractivity contribution < 1.29 is 27.8 Å². The quantitative estimate of drug-likeness (QED) is 0.533. The van der Waals surface area contributed by atoms with Crippen LogP contribution in [0.25, 0.3) is 16.7 Å². The van der Waals surface area contributed by atoms with E-state index in [1.54, 1.807) is 19.1 Å². The number of carbonyl (C=O) groups excluding carboxylic acids is 1. The van der Waals surface area contributed by atoms with Crippen molar-refractivity contribution in [2.24, 2.45) is 0 Å². The van der Waals surface area contributed by atoms with Crippen molar-refractivity contribution in [2.75, 3.05) is 12.4 Å². The number of fused-ring (bicyclic) bond motifs is 2. The first-order valence-corrected chi connectivity index (χ1v) is 10.2. The zero-order valence-electron chi connectivity index (χ0n) is 15.8. The molecule has 0 fully saturated rings. The topological polar surface area (TPSA) is 137 Å². The molecule has 0 saturated heterocycles. The summed E-state index contributed by atoms with van der Waals surface area (Å²) in [5.74, 6) is -2.22. The lowest BCUT2D eigenvalue weighted by molar-refractivity contribution is -0.113. The van der Waals surface area contributed by atoms with Crippen molar-refractivity contribution in [3.63, 3.8) is 0 Å². The number of amides is 1. The van der Waals surface area contributed by atoms with Gasteiger partial charge in [0, 0.05) is 12.6 Å². The van der Waals surface area contributed by atoms with Gasteiger partial charge in [0.05, 0.1) is 10.3 Å². The van der Waals surface area contributed by atoms with E-state index in [1.165, 1.54) is 30.3 Å². The van der Waals surface area contributed by atoms with Crippen molar-refractivity contribution >= 4 is 38.3 Å². The smallest absolute Gasteiger partial charge is 0.364 e. The maximum Gasteiger partial charge on any atom is 0.364 e. The molecule has 0 aliphatic carbocycles. The zero-order chi connectivity index (χ0) is 21.8. The number of sulfonamides is 1. The summed E-state index contributed by atoms with van der Waals surface area (Å²) >= 11 is 0. The summed E-state index contributed by atoms with van der Waals surface area (Å²) in [5.41, 5.74) is -1.48. The highest BCUT2D eigenvalue weighted by Gasteiger charge is 2.38. The Morgan fingerprint density at radius 1 is 1.10 bits per heavy atom. The second kappa shape index (κ2) is 6.63. The van der Waals surface area contributed by atoms with Crippen LogP contribution in [0.15, 0.2) is 62.3 Å². The molecule has 1 amide bonds. The van der Waals surface area contributed by atoms with Crippen molar-refractivity contribution in [1.82, 2.24) is 4.31 Å². The second-order valence-corrected chi connectivity index (χ2v) is 8.62. The fourth-order valence-electron chi connectivity index (χ4n) is 3.31. The highest BCUT2D eigenvalue weighted by Crippen LogP contribution is 2.36. The number of aryl methyl sites for hydroxylation is 1. The number of nitrogens with zero attached hydrogens (tertiary/aromatic N) is 1. The first-order valence-electron chi connectivity index (χ1n) is 8.73. The van der Waals surface area contributed by atoms with Crippen molar-refractivity contribution in [2.45, 2.75) is 11.8 Å². The van der Waals surface area contributed by atoms with E-state index >= 15 is 0 Å². The molecule has 154 valence electrons. The number of likely N-dealkylation sites (N-methyl/N-ethyl adjacent to an activating group) is 1. The van der Waals surface area contributed by atoms with E-state index in [2.05, 4.69) is 5.32 Å². The standard InChI is InChI=1S/C20H16N2O7S/c1-10-6-5-8-12-16(23)14(20(26)29-18(10)12)21-19(25)15-17(24)11-7-3-4-9-13(11)30(27,28)22(15)2/h3-9,23-24H,1-2H3,(H,21,25). The molecular formula is C20H16N2O7S. The van der Waals surface area contributed by atoms with Crippen molar-refractivity contribution in [1.29, 1.82) is 0 Å².